The molecule has 3 aromatic rings. The zero-order valence-electron chi connectivity index (χ0n) is 18.4. The van der Waals surface area contributed by atoms with Crippen molar-refractivity contribution in [1.82, 2.24) is 9.47 Å². The van der Waals surface area contributed by atoms with E-state index in [0.29, 0.717) is 11.1 Å². The lowest BCUT2D eigenvalue weighted by molar-refractivity contribution is 0.0871. The number of piperidine rings is 1. The summed E-state index contributed by atoms with van der Waals surface area (Å²) in [7, 11) is 0. The maximum atomic E-state index is 12.1. The number of rotatable bonds is 8. The molecule has 6 heteroatoms. The average molecular weight is 541 g/mol. The molecule has 32 heavy (non-hydrogen) atoms. The number of hydrogen-bond donors (Lipinski definition) is 0. The molecule has 0 radical (unpaired) electrons. The monoisotopic (exact) mass is 541 g/mol. The molecule has 5 nitrogen and oxygen atoms in total. The molecule has 1 aliphatic rings. The van der Waals surface area contributed by atoms with Crippen LogP contribution in [0.25, 0.3) is 10.9 Å². The van der Waals surface area contributed by atoms with E-state index in [-0.39, 0.29) is 11.9 Å². The highest BCUT2D eigenvalue weighted by Crippen LogP contribution is 2.26. The van der Waals surface area contributed by atoms with Gasteiger partial charge in [0.15, 0.2) is 5.78 Å². The molecule has 0 bridgehead atoms. The lowest BCUT2D eigenvalue weighted by Crippen LogP contribution is -2.41. The minimum Gasteiger partial charge on any atom is -0.489 e. The third-order valence-electron chi connectivity index (χ3n) is 6.11. The molecule has 1 aromatic heterocycles. The highest BCUT2D eigenvalue weighted by Gasteiger charge is 2.21. The summed E-state index contributed by atoms with van der Waals surface area (Å²) in [5.41, 5.74) is 3.50. The Labute approximate surface area is 203 Å². The lowest BCUT2D eigenvalue weighted by Gasteiger charge is -2.33. The second kappa shape index (κ2) is 10.5. The first-order valence-electron chi connectivity index (χ1n) is 11.2. The van der Waals surface area contributed by atoms with Gasteiger partial charge in [-0.3, -0.25) is 9.69 Å². The van der Waals surface area contributed by atoms with Crippen LogP contribution < -0.4 is 4.74 Å². The maximum absolute atomic E-state index is 12.1. The second-order valence-electron chi connectivity index (χ2n) is 8.42. The van der Waals surface area contributed by atoms with Gasteiger partial charge in [-0.25, -0.2) is 0 Å². The van der Waals surface area contributed by atoms with Crippen LogP contribution in [0.5, 0.6) is 5.75 Å². The first-order valence-corrected chi connectivity index (χ1v) is 12.7. The van der Waals surface area contributed by atoms with Crippen molar-refractivity contribution < 1.29 is 9.53 Å². The van der Waals surface area contributed by atoms with E-state index in [1.165, 1.54) is 5.56 Å². The Hall–Kier alpha value is -2.37. The smallest absolute Gasteiger partial charge is 0.161 e. The molecule has 1 fully saturated rings. The molecule has 0 aliphatic carbocycles. The Balaban J connectivity index is 1.37. The number of nitriles is 1. The van der Waals surface area contributed by atoms with Gasteiger partial charge in [-0.1, -0.05) is 46.9 Å². The lowest BCUT2D eigenvalue weighted by atomic mass is 10.1. The largest absolute Gasteiger partial charge is 0.489 e. The van der Waals surface area contributed by atoms with Crippen molar-refractivity contribution in [2.24, 2.45) is 0 Å². The van der Waals surface area contributed by atoms with Crippen molar-refractivity contribution in [3.63, 3.8) is 0 Å². The van der Waals surface area contributed by atoms with E-state index < -0.39 is 0 Å². The Kier molecular flexibility index (Phi) is 7.48. The number of aromatic nitrogens is 1. The quantitative estimate of drug-likeness (QED) is 0.212. The molecular formula is C26H28IN3O2. The van der Waals surface area contributed by atoms with Gasteiger partial charge in [-0.05, 0) is 63.0 Å². The van der Waals surface area contributed by atoms with Gasteiger partial charge < -0.3 is 9.30 Å². The standard InChI is InChI=1S/C26H28IN3O2/c1-19(31)25-18-30(26-21(16-28)5-2-7-24(25)26)14-4-13-29-12-3-6-23(17-29)32-22-10-8-20(15-27)9-11-22/h2,5,7-11,18,23H,3-4,6,12-15,17H2,1H3. The predicted molar refractivity (Wildman–Crippen MR) is 136 cm³/mol. The van der Waals surface area contributed by atoms with Crippen molar-refractivity contribution >= 4 is 39.3 Å². The molecule has 166 valence electrons. The zero-order chi connectivity index (χ0) is 22.5. The van der Waals surface area contributed by atoms with Gasteiger partial charge >= 0.3 is 0 Å². The molecule has 1 aliphatic heterocycles. The van der Waals surface area contributed by atoms with Crippen LogP contribution in [0.2, 0.25) is 0 Å². The number of ketones is 1. The number of aryl methyl sites for hydroxylation is 1. The van der Waals surface area contributed by atoms with E-state index in [4.69, 9.17) is 4.74 Å². The minimum atomic E-state index is 0.0337. The number of fused-ring (bicyclic) bond motifs is 1. The van der Waals surface area contributed by atoms with E-state index in [1.54, 1.807) is 6.92 Å². The van der Waals surface area contributed by atoms with Gasteiger partial charge in [0.2, 0.25) is 0 Å². The van der Waals surface area contributed by atoms with Crippen molar-refractivity contribution in [1.29, 1.82) is 5.26 Å². The summed E-state index contributed by atoms with van der Waals surface area (Å²) in [6.45, 7) is 5.35. The van der Waals surface area contributed by atoms with E-state index in [2.05, 4.69) is 62.4 Å². The fourth-order valence-corrected chi connectivity index (χ4v) is 5.04. The molecule has 4 rings (SSSR count). The Morgan fingerprint density at radius 2 is 2.03 bits per heavy atom. The number of ether oxygens (including phenoxy) is 1. The molecule has 1 saturated heterocycles. The highest BCUT2D eigenvalue weighted by atomic mass is 127. The first kappa shape index (κ1) is 22.8. The van der Waals surface area contributed by atoms with Crippen molar-refractivity contribution in [3.05, 3.63) is 65.4 Å². The summed E-state index contributed by atoms with van der Waals surface area (Å²) < 4.78 is 9.33. The third kappa shape index (κ3) is 5.16. The number of carbonyl (C=O) groups excluding carboxylic acids is 1. The normalized spacial score (nSPS) is 16.7. The fourth-order valence-electron chi connectivity index (χ4n) is 4.53. The molecule has 2 heterocycles. The molecular weight excluding hydrogens is 513 g/mol. The van der Waals surface area contributed by atoms with Gasteiger partial charge in [-0.2, -0.15) is 5.26 Å². The van der Waals surface area contributed by atoms with E-state index in [0.717, 1.165) is 66.5 Å². The van der Waals surface area contributed by atoms with Crippen molar-refractivity contribution in [3.8, 4) is 11.8 Å². The van der Waals surface area contributed by atoms with Crippen molar-refractivity contribution in [2.45, 2.75) is 43.3 Å². The van der Waals surface area contributed by atoms with Crippen LogP contribution >= 0.6 is 22.6 Å². The van der Waals surface area contributed by atoms with Crippen LogP contribution in [0.3, 0.4) is 0 Å². The summed E-state index contributed by atoms with van der Waals surface area (Å²) in [4.78, 5) is 14.6. The summed E-state index contributed by atoms with van der Waals surface area (Å²) in [5.74, 6) is 0.983. The van der Waals surface area contributed by atoms with Crippen LogP contribution in [0.1, 0.15) is 47.7 Å². The number of Topliss-reactive ketones (excluding diaryl/α,β-unsaturated/α-hetero) is 1. The number of nitrogens with zero attached hydrogens (tertiary/aromatic N) is 3. The van der Waals surface area contributed by atoms with E-state index >= 15 is 0 Å². The highest BCUT2D eigenvalue weighted by molar-refractivity contribution is 14.1. The van der Waals surface area contributed by atoms with Crippen LogP contribution in [-0.4, -0.2) is 41.0 Å². The minimum absolute atomic E-state index is 0.0337. The summed E-state index contributed by atoms with van der Waals surface area (Å²) in [6, 6.07) is 16.3. The van der Waals surface area contributed by atoms with Crippen LogP contribution in [0.15, 0.2) is 48.7 Å². The maximum Gasteiger partial charge on any atom is 0.161 e. The fraction of sp³-hybridized carbons (Fsp3) is 0.385. The molecule has 0 amide bonds. The van der Waals surface area contributed by atoms with Gasteiger partial charge in [0.05, 0.1) is 11.1 Å². The average Bonchev–Trinajstić information content (AvgIpc) is 3.19. The van der Waals surface area contributed by atoms with Gasteiger partial charge in [-0.15, -0.1) is 0 Å². The topological polar surface area (TPSA) is 58.3 Å². The number of likely N-dealkylation sites (tertiary alicyclic amines) is 1. The van der Waals surface area contributed by atoms with Crippen LogP contribution in [0.4, 0.5) is 0 Å². The number of para-hydroxylation sites is 1. The third-order valence-corrected chi connectivity index (χ3v) is 6.99. The van der Waals surface area contributed by atoms with E-state index in [9.17, 15) is 10.1 Å². The van der Waals surface area contributed by atoms with Crippen molar-refractivity contribution in [2.75, 3.05) is 19.6 Å². The summed E-state index contributed by atoms with van der Waals surface area (Å²) >= 11 is 2.37. The molecule has 1 atom stereocenters. The molecule has 0 N–H and O–H groups in total. The number of benzene rings is 2. The Morgan fingerprint density at radius 1 is 1.22 bits per heavy atom. The summed E-state index contributed by atoms with van der Waals surface area (Å²) in [5, 5.41) is 10.4. The number of alkyl halides is 1. The van der Waals surface area contributed by atoms with Gasteiger partial charge in [0, 0.05) is 34.7 Å². The Bertz CT molecular complexity index is 1130. The number of carbonyl (C=O) groups is 1. The van der Waals surface area contributed by atoms with Gasteiger partial charge in [0.25, 0.3) is 0 Å². The molecule has 2 aromatic carbocycles. The predicted octanol–water partition coefficient (Wildman–Crippen LogP) is 5.58. The summed E-state index contributed by atoms with van der Waals surface area (Å²) in [6.07, 6.45) is 5.31. The second-order valence-corrected chi connectivity index (χ2v) is 9.18. The van der Waals surface area contributed by atoms with Crippen LogP contribution in [-0.2, 0) is 11.0 Å². The first-order chi connectivity index (χ1) is 15.6. The Morgan fingerprint density at radius 3 is 2.75 bits per heavy atom. The molecule has 1 unspecified atom stereocenters. The zero-order valence-corrected chi connectivity index (χ0v) is 20.5. The van der Waals surface area contributed by atoms with Crippen LogP contribution in [0, 0.1) is 11.3 Å². The van der Waals surface area contributed by atoms with E-state index in [1.807, 2.05) is 24.4 Å². The molecule has 0 spiro atoms. The molecule has 0 saturated carbocycles. The van der Waals surface area contributed by atoms with Gasteiger partial charge in [0.1, 0.15) is 17.9 Å². The SMILES string of the molecule is CC(=O)c1cn(CCCN2CCCC(Oc3ccc(CI)cc3)C2)c2c(C#N)cccc12. The number of halogens is 1. The number of hydrogen-bond acceptors (Lipinski definition) is 4.